The van der Waals surface area contributed by atoms with Gasteiger partial charge in [0.25, 0.3) is 0 Å². The Labute approximate surface area is 143 Å². The van der Waals surface area contributed by atoms with Crippen molar-refractivity contribution in [2.75, 3.05) is 52.3 Å². The van der Waals surface area contributed by atoms with Crippen LogP contribution in [0.3, 0.4) is 0 Å². The van der Waals surface area contributed by atoms with E-state index in [1.165, 1.54) is 5.39 Å². The first-order chi connectivity index (χ1) is 11.7. The number of fused-ring (bicyclic) bond motifs is 1. The number of aromatic nitrogens is 1. The van der Waals surface area contributed by atoms with Gasteiger partial charge in [-0.3, -0.25) is 0 Å². The highest BCUT2D eigenvalue weighted by Crippen LogP contribution is 2.21. The van der Waals surface area contributed by atoms with Crippen LogP contribution in [-0.2, 0) is 11.3 Å². The van der Waals surface area contributed by atoms with E-state index < -0.39 is 0 Å². The number of nitrogens with zero attached hydrogens (tertiary/aromatic N) is 3. The first-order valence-electron chi connectivity index (χ1n) is 8.49. The zero-order chi connectivity index (χ0) is 16.9. The number of likely N-dealkylation sites (N-methyl/N-ethyl adjacent to an activating group) is 1. The monoisotopic (exact) mass is 330 g/mol. The highest BCUT2D eigenvalue weighted by Gasteiger charge is 2.17. The van der Waals surface area contributed by atoms with E-state index in [1.807, 2.05) is 23.1 Å². The number of amides is 2. The predicted molar refractivity (Wildman–Crippen MR) is 96.5 cm³/mol. The molecule has 2 aromatic rings. The van der Waals surface area contributed by atoms with E-state index in [0.29, 0.717) is 6.61 Å². The van der Waals surface area contributed by atoms with Gasteiger partial charge in [0.2, 0.25) is 0 Å². The number of carbonyl (C=O) groups is 1. The minimum absolute atomic E-state index is 0.0142. The molecule has 1 aromatic carbocycles. The van der Waals surface area contributed by atoms with Crippen molar-refractivity contribution >= 4 is 22.6 Å². The fourth-order valence-corrected chi connectivity index (χ4v) is 3.10. The summed E-state index contributed by atoms with van der Waals surface area (Å²) in [4.78, 5) is 16.7. The van der Waals surface area contributed by atoms with Crippen molar-refractivity contribution in [1.82, 2.24) is 14.4 Å². The SMILES string of the molecule is COCCn1ccc2ccc(NC(=O)N3CCCN(C)CC3)cc21. The normalized spacial score (nSPS) is 16.3. The Morgan fingerprint density at radius 3 is 2.92 bits per heavy atom. The van der Waals surface area contributed by atoms with Crippen molar-refractivity contribution in [3.63, 3.8) is 0 Å². The molecule has 1 fully saturated rings. The number of carbonyl (C=O) groups excluding carboxylic acids is 1. The van der Waals surface area contributed by atoms with Gasteiger partial charge in [-0.2, -0.15) is 0 Å². The molecule has 0 atom stereocenters. The smallest absolute Gasteiger partial charge is 0.321 e. The minimum atomic E-state index is -0.0142. The first kappa shape index (κ1) is 16.8. The van der Waals surface area contributed by atoms with E-state index in [1.54, 1.807) is 7.11 Å². The Bertz CT molecular complexity index is 697. The Kier molecular flexibility index (Phi) is 5.37. The minimum Gasteiger partial charge on any atom is -0.383 e. The molecule has 0 spiro atoms. The second-order valence-corrected chi connectivity index (χ2v) is 6.35. The third-order valence-electron chi connectivity index (χ3n) is 4.57. The molecule has 6 nitrogen and oxygen atoms in total. The molecule has 2 amide bonds. The van der Waals surface area contributed by atoms with Crippen LogP contribution in [-0.4, -0.2) is 67.3 Å². The molecule has 0 saturated carbocycles. The second-order valence-electron chi connectivity index (χ2n) is 6.35. The number of benzene rings is 1. The molecule has 2 heterocycles. The highest BCUT2D eigenvalue weighted by molar-refractivity contribution is 5.92. The molecule has 1 aliphatic heterocycles. The molecule has 1 N–H and O–H groups in total. The number of anilines is 1. The predicted octanol–water partition coefficient (Wildman–Crippen LogP) is 2.46. The molecule has 1 aromatic heterocycles. The topological polar surface area (TPSA) is 49.7 Å². The maximum atomic E-state index is 12.5. The maximum Gasteiger partial charge on any atom is 0.321 e. The van der Waals surface area contributed by atoms with E-state index in [2.05, 4.69) is 34.1 Å². The van der Waals surface area contributed by atoms with Crippen molar-refractivity contribution in [3.8, 4) is 0 Å². The molecule has 24 heavy (non-hydrogen) atoms. The van der Waals surface area contributed by atoms with Crippen molar-refractivity contribution in [1.29, 1.82) is 0 Å². The van der Waals surface area contributed by atoms with Gasteiger partial charge in [-0.1, -0.05) is 6.07 Å². The lowest BCUT2D eigenvalue weighted by Crippen LogP contribution is -2.37. The molecule has 0 unspecified atom stereocenters. The number of hydrogen-bond acceptors (Lipinski definition) is 3. The molecule has 0 radical (unpaired) electrons. The molecule has 130 valence electrons. The maximum absolute atomic E-state index is 12.5. The fraction of sp³-hybridized carbons (Fsp3) is 0.500. The number of rotatable bonds is 4. The van der Waals surface area contributed by atoms with Crippen LogP contribution in [0.25, 0.3) is 10.9 Å². The second kappa shape index (κ2) is 7.68. The van der Waals surface area contributed by atoms with E-state index in [-0.39, 0.29) is 6.03 Å². The van der Waals surface area contributed by atoms with Gasteiger partial charge in [0.15, 0.2) is 0 Å². The van der Waals surface area contributed by atoms with Crippen LogP contribution < -0.4 is 5.32 Å². The largest absolute Gasteiger partial charge is 0.383 e. The van der Waals surface area contributed by atoms with Crippen molar-refractivity contribution in [3.05, 3.63) is 30.5 Å². The summed E-state index contributed by atoms with van der Waals surface area (Å²) in [7, 11) is 3.81. The van der Waals surface area contributed by atoms with Gasteiger partial charge in [-0.05, 0) is 43.6 Å². The van der Waals surface area contributed by atoms with Gasteiger partial charge in [-0.15, -0.1) is 0 Å². The summed E-state index contributed by atoms with van der Waals surface area (Å²) in [5.41, 5.74) is 1.95. The first-order valence-corrected chi connectivity index (χ1v) is 8.49. The zero-order valence-electron chi connectivity index (χ0n) is 14.5. The van der Waals surface area contributed by atoms with Crippen LogP contribution in [0.4, 0.5) is 10.5 Å². The Hall–Kier alpha value is -2.05. The lowest BCUT2D eigenvalue weighted by molar-refractivity contribution is 0.188. The number of nitrogens with one attached hydrogen (secondary N) is 1. The van der Waals surface area contributed by atoms with Crippen LogP contribution in [0, 0.1) is 0 Å². The van der Waals surface area contributed by atoms with Gasteiger partial charge in [0.1, 0.15) is 0 Å². The molecule has 6 heteroatoms. The number of methoxy groups -OCH3 is 1. The average Bonchev–Trinajstić information content (AvgIpc) is 2.84. The molecule has 0 aliphatic carbocycles. The highest BCUT2D eigenvalue weighted by atomic mass is 16.5. The van der Waals surface area contributed by atoms with Crippen LogP contribution in [0.15, 0.2) is 30.5 Å². The summed E-state index contributed by atoms with van der Waals surface area (Å²) in [6.45, 7) is 5.02. The third kappa shape index (κ3) is 3.88. The Morgan fingerprint density at radius 2 is 2.08 bits per heavy atom. The molecule has 1 aliphatic rings. The Balaban J connectivity index is 1.71. The van der Waals surface area contributed by atoms with E-state index in [0.717, 1.165) is 50.3 Å². The van der Waals surface area contributed by atoms with Crippen molar-refractivity contribution in [2.45, 2.75) is 13.0 Å². The molecule has 0 bridgehead atoms. The summed E-state index contributed by atoms with van der Waals surface area (Å²) in [6.07, 6.45) is 3.07. The molecular formula is C18H26N4O2. The molecule has 3 rings (SSSR count). The standard InChI is InChI=1S/C18H26N4O2/c1-20-7-3-8-22(11-10-20)18(23)19-16-5-4-15-6-9-21(12-13-24-2)17(15)14-16/h4-6,9,14H,3,7-8,10-13H2,1-2H3,(H,19,23). The quantitative estimate of drug-likeness (QED) is 0.937. The van der Waals surface area contributed by atoms with Crippen molar-refractivity contribution < 1.29 is 9.53 Å². The average molecular weight is 330 g/mol. The molecule has 1 saturated heterocycles. The summed E-state index contributed by atoms with van der Waals surface area (Å²) in [6, 6.07) is 8.11. The lowest BCUT2D eigenvalue weighted by atomic mass is 10.2. The van der Waals surface area contributed by atoms with Gasteiger partial charge in [-0.25, -0.2) is 4.79 Å². The number of hydrogen-bond donors (Lipinski definition) is 1. The van der Waals surface area contributed by atoms with Crippen LogP contribution in [0.5, 0.6) is 0 Å². The Morgan fingerprint density at radius 1 is 1.21 bits per heavy atom. The van der Waals surface area contributed by atoms with Crippen molar-refractivity contribution in [2.24, 2.45) is 0 Å². The number of ether oxygens (including phenoxy) is 1. The summed E-state index contributed by atoms with van der Waals surface area (Å²) in [5.74, 6) is 0. The van der Waals surface area contributed by atoms with Crippen LogP contribution in [0.2, 0.25) is 0 Å². The van der Waals surface area contributed by atoms with E-state index >= 15 is 0 Å². The fourth-order valence-electron chi connectivity index (χ4n) is 3.10. The van der Waals surface area contributed by atoms with Gasteiger partial charge in [0.05, 0.1) is 12.1 Å². The van der Waals surface area contributed by atoms with Gasteiger partial charge < -0.3 is 24.4 Å². The van der Waals surface area contributed by atoms with Gasteiger partial charge >= 0.3 is 6.03 Å². The number of urea groups is 1. The van der Waals surface area contributed by atoms with E-state index in [4.69, 9.17) is 4.74 Å². The van der Waals surface area contributed by atoms with Gasteiger partial charge in [0, 0.05) is 45.2 Å². The zero-order valence-corrected chi connectivity index (χ0v) is 14.5. The lowest BCUT2D eigenvalue weighted by Gasteiger charge is -2.21. The third-order valence-corrected chi connectivity index (χ3v) is 4.57. The molecular weight excluding hydrogens is 304 g/mol. The van der Waals surface area contributed by atoms with E-state index in [9.17, 15) is 4.79 Å². The summed E-state index contributed by atoms with van der Waals surface area (Å²) >= 11 is 0. The van der Waals surface area contributed by atoms with Crippen LogP contribution in [0.1, 0.15) is 6.42 Å². The van der Waals surface area contributed by atoms with Crippen LogP contribution >= 0.6 is 0 Å². The summed E-state index contributed by atoms with van der Waals surface area (Å²) in [5, 5.41) is 4.21. The summed E-state index contributed by atoms with van der Waals surface area (Å²) < 4.78 is 7.31.